The third kappa shape index (κ3) is 4.68. The molecule has 2 amide bonds. The standard InChI is InChI=1S/C13H15N3O3/c1-3-6-10(4-2)14-13(17)15-11-7-5-8-12(9-11)16(18)19/h2,5,7-10H,3,6H2,1H3,(H2,14,15,17). The van der Waals surface area contributed by atoms with Crippen molar-refractivity contribution in [1.29, 1.82) is 0 Å². The molecule has 1 unspecified atom stereocenters. The van der Waals surface area contributed by atoms with Gasteiger partial charge >= 0.3 is 6.03 Å². The van der Waals surface area contributed by atoms with E-state index in [4.69, 9.17) is 6.42 Å². The van der Waals surface area contributed by atoms with Crippen LogP contribution in [0.1, 0.15) is 19.8 Å². The number of hydrogen-bond donors (Lipinski definition) is 2. The number of hydrogen-bond acceptors (Lipinski definition) is 3. The number of nitro groups is 1. The van der Waals surface area contributed by atoms with Crippen LogP contribution < -0.4 is 10.6 Å². The Morgan fingerprint density at radius 2 is 2.32 bits per heavy atom. The second-order valence-electron chi connectivity index (χ2n) is 3.91. The minimum atomic E-state index is -0.523. The predicted molar refractivity (Wildman–Crippen MR) is 72.8 cm³/mol. The van der Waals surface area contributed by atoms with E-state index in [9.17, 15) is 14.9 Å². The van der Waals surface area contributed by atoms with Gasteiger partial charge < -0.3 is 10.6 Å². The Kier molecular flexibility index (Phi) is 5.35. The Morgan fingerprint density at radius 1 is 1.58 bits per heavy atom. The summed E-state index contributed by atoms with van der Waals surface area (Å²) < 4.78 is 0. The molecule has 19 heavy (non-hydrogen) atoms. The lowest BCUT2D eigenvalue weighted by Crippen LogP contribution is -2.36. The molecule has 0 heterocycles. The zero-order chi connectivity index (χ0) is 14.3. The lowest BCUT2D eigenvalue weighted by atomic mass is 10.2. The largest absolute Gasteiger partial charge is 0.324 e. The fourth-order valence-corrected chi connectivity index (χ4v) is 1.51. The van der Waals surface area contributed by atoms with Crippen molar-refractivity contribution in [2.75, 3.05) is 5.32 Å². The van der Waals surface area contributed by atoms with E-state index in [1.165, 1.54) is 18.2 Å². The Bertz CT molecular complexity index is 508. The van der Waals surface area contributed by atoms with Crippen LogP contribution in [0.25, 0.3) is 0 Å². The van der Waals surface area contributed by atoms with Gasteiger partial charge in [-0.25, -0.2) is 4.79 Å². The molecule has 0 radical (unpaired) electrons. The van der Waals surface area contributed by atoms with Crippen LogP contribution in [-0.4, -0.2) is 17.0 Å². The number of nitrogens with zero attached hydrogens (tertiary/aromatic N) is 1. The normalized spacial score (nSPS) is 11.2. The minimum absolute atomic E-state index is 0.0835. The second kappa shape index (κ2) is 7.01. The topological polar surface area (TPSA) is 84.3 Å². The van der Waals surface area contributed by atoms with Gasteiger partial charge in [0.05, 0.1) is 11.0 Å². The second-order valence-corrected chi connectivity index (χ2v) is 3.91. The fraction of sp³-hybridized carbons (Fsp3) is 0.308. The quantitative estimate of drug-likeness (QED) is 0.485. The highest BCUT2D eigenvalue weighted by Crippen LogP contribution is 2.16. The number of nitrogens with one attached hydrogen (secondary N) is 2. The van der Waals surface area contributed by atoms with Gasteiger partial charge in [-0.2, -0.15) is 0 Å². The molecule has 2 N–H and O–H groups in total. The highest BCUT2D eigenvalue weighted by Gasteiger charge is 2.10. The van der Waals surface area contributed by atoms with Gasteiger partial charge in [0.25, 0.3) is 5.69 Å². The molecule has 1 aromatic rings. The van der Waals surface area contributed by atoms with Crippen molar-refractivity contribution in [2.45, 2.75) is 25.8 Å². The molecule has 0 aliphatic carbocycles. The number of amides is 2. The van der Waals surface area contributed by atoms with Gasteiger partial charge in [-0.15, -0.1) is 6.42 Å². The lowest BCUT2D eigenvalue weighted by molar-refractivity contribution is -0.384. The van der Waals surface area contributed by atoms with E-state index in [0.717, 1.165) is 6.42 Å². The maximum Gasteiger partial charge on any atom is 0.320 e. The van der Waals surface area contributed by atoms with Gasteiger partial charge in [-0.3, -0.25) is 10.1 Å². The van der Waals surface area contributed by atoms with Crippen molar-refractivity contribution in [3.05, 3.63) is 34.4 Å². The smallest absolute Gasteiger partial charge is 0.320 e. The van der Waals surface area contributed by atoms with Crippen LogP contribution in [0.2, 0.25) is 0 Å². The SMILES string of the molecule is C#CC(CCC)NC(=O)Nc1cccc([N+](=O)[O-])c1. The van der Waals surface area contributed by atoms with E-state index in [1.807, 2.05) is 6.92 Å². The number of anilines is 1. The average Bonchev–Trinajstić information content (AvgIpc) is 2.38. The first-order valence-corrected chi connectivity index (χ1v) is 5.85. The molecule has 0 bridgehead atoms. The molecule has 1 rings (SSSR count). The number of benzene rings is 1. The fourth-order valence-electron chi connectivity index (χ4n) is 1.51. The summed E-state index contributed by atoms with van der Waals surface area (Å²) in [5.74, 6) is 2.47. The van der Waals surface area contributed by atoms with Crippen molar-refractivity contribution in [1.82, 2.24) is 5.32 Å². The third-order valence-corrected chi connectivity index (χ3v) is 2.40. The molecule has 1 atom stereocenters. The number of carbonyl (C=O) groups excluding carboxylic acids is 1. The van der Waals surface area contributed by atoms with Crippen molar-refractivity contribution in [3.8, 4) is 12.3 Å². The van der Waals surface area contributed by atoms with E-state index in [1.54, 1.807) is 6.07 Å². The number of carbonyl (C=O) groups is 1. The highest BCUT2D eigenvalue weighted by atomic mass is 16.6. The van der Waals surface area contributed by atoms with Gasteiger partial charge in [0.2, 0.25) is 0 Å². The molecule has 0 aromatic heterocycles. The Labute approximate surface area is 111 Å². The summed E-state index contributed by atoms with van der Waals surface area (Å²) in [5.41, 5.74) is 0.263. The predicted octanol–water partition coefficient (Wildman–Crippen LogP) is 2.52. The maximum atomic E-state index is 11.7. The van der Waals surface area contributed by atoms with Crippen molar-refractivity contribution < 1.29 is 9.72 Å². The van der Waals surface area contributed by atoms with Crippen LogP contribution in [0.5, 0.6) is 0 Å². The molecule has 1 aromatic carbocycles. The summed E-state index contributed by atoms with van der Waals surface area (Å²) >= 11 is 0. The van der Waals surface area contributed by atoms with Gasteiger partial charge in [-0.1, -0.05) is 25.3 Å². The molecule has 6 nitrogen and oxygen atoms in total. The molecule has 0 aliphatic heterocycles. The molecule has 6 heteroatoms. The number of terminal acetylenes is 1. The number of nitro benzene ring substituents is 1. The lowest BCUT2D eigenvalue weighted by Gasteiger charge is -2.12. The van der Waals surface area contributed by atoms with Crippen LogP contribution >= 0.6 is 0 Å². The summed E-state index contributed by atoms with van der Waals surface area (Å²) in [7, 11) is 0. The maximum absolute atomic E-state index is 11.7. The Balaban J connectivity index is 2.64. The molecule has 0 saturated carbocycles. The van der Waals surface area contributed by atoms with Crippen LogP contribution in [0.15, 0.2) is 24.3 Å². The van der Waals surface area contributed by atoms with E-state index >= 15 is 0 Å². The first kappa shape index (κ1) is 14.5. The molecular formula is C13H15N3O3. The van der Waals surface area contributed by atoms with E-state index in [-0.39, 0.29) is 11.7 Å². The summed E-state index contributed by atoms with van der Waals surface area (Å²) in [5, 5.41) is 15.7. The highest BCUT2D eigenvalue weighted by molar-refractivity contribution is 5.90. The van der Waals surface area contributed by atoms with Gasteiger partial charge in [0.15, 0.2) is 0 Å². The first-order valence-electron chi connectivity index (χ1n) is 5.85. The van der Waals surface area contributed by atoms with Crippen LogP contribution in [0.4, 0.5) is 16.2 Å². The van der Waals surface area contributed by atoms with Crippen molar-refractivity contribution in [2.24, 2.45) is 0 Å². The van der Waals surface area contributed by atoms with Gasteiger partial charge in [0.1, 0.15) is 0 Å². The van der Waals surface area contributed by atoms with E-state index in [2.05, 4.69) is 16.6 Å². The summed E-state index contributed by atoms with van der Waals surface area (Å²) in [6, 6.07) is 4.88. The number of rotatable bonds is 5. The number of non-ortho nitro benzene ring substituents is 1. The minimum Gasteiger partial charge on any atom is -0.324 e. The van der Waals surface area contributed by atoms with Crippen LogP contribution in [0.3, 0.4) is 0 Å². The van der Waals surface area contributed by atoms with Crippen molar-refractivity contribution >= 4 is 17.4 Å². The Hall–Kier alpha value is -2.55. The monoisotopic (exact) mass is 261 g/mol. The molecule has 100 valence electrons. The third-order valence-electron chi connectivity index (χ3n) is 2.40. The molecule has 0 spiro atoms. The van der Waals surface area contributed by atoms with Crippen molar-refractivity contribution in [3.63, 3.8) is 0 Å². The zero-order valence-corrected chi connectivity index (χ0v) is 10.6. The molecular weight excluding hydrogens is 246 g/mol. The summed E-state index contributed by atoms with van der Waals surface area (Å²) in [4.78, 5) is 21.7. The summed E-state index contributed by atoms with van der Waals surface area (Å²) in [6.07, 6.45) is 6.82. The van der Waals surface area contributed by atoms with Gasteiger partial charge in [-0.05, 0) is 12.5 Å². The van der Waals surface area contributed by atoms with Crippen LogP contribution in [0, 0.1) is 22.5 Å². The van der Waals surface area contributed by atoms with E-state index < -0.39 is 11.0 Å². The van der Waals surface area contributed by atoms with Gasteiger partial charge in [0, 0.05) is 17.8 Å². The molecule has 0 aliphatic rings. The van der Waals surface area contributed by atoms with E-state index in [0.29, 0.717) is 12.1 Å². The Morgan fingerprint density at radius 3 is 2.89 bits per heavy atom. The first-order chi connectivity index (χ1) is 9.06. The summed E-state index contributed by atoms with van der Waals surface area (Å²) in [6.45, 7) is 1.96. The molecule has 0 fully saturated rings. The number of urea groups is 1. The zero-order valence-electron chi connectivity index (χ0n) is 10.6. The molecule has 0 saturated heterocycles. The van der Waals surface area contributed by atoms with Crippen LogP contribution in [-0.2, 0) is 0 Å². The average molecular weight is 261 g/mol.